The fourth-order valence-electron chi connectivity index (χ4n) is 1.83. The van der Waals surface area contributed by atoms with Gasteiger partial charge in [0.05, 0.1) is 12.2 Å². The number of benzene rings is 2. The van der Waals surface area contributed by atoms with Crippen LogP contribution in [0.5, 0.6) is 11.5 Å². The topological polar surface area (TPSA) is 52.6 Å². The Morgan fingerprint density at radius 1 is 1.18 bits per heavy atom. The SMILES string of the molecule is CCCOc1ccccc1C(=O)Oc1ccc(Br)cc1C=O. The summed E-state index contributed by atoms with van der Waals surface area (Å²) in [5.41, 5.74) is 0.630. The van der Waals surface area contributed by atoms with Gasteiger partial charge in [0.2, 0.25) is 0 Å². The summed E-state index contributed by atoms with van der Waals surface area (Å²) in [5, 5.41) is 0. The Bertz CT molecular complexity index is 682. The molecule has 0 radical (unpaired) electrons. The quantitative estimate of drug-likeness (QED) is 0.437. The van der Waals surface area contributed by atoms with Crippen LogP contribution in [0.1, 0.15) is 34.1 Å². The summed E-state index contributed by atoms with van der Waals surface area (Å²) in [5.74, 6) is 0.129. The molecule has 0 spiro atoms. The van der Waals surface area contributed by atoms with Gasteiger partial charge in [-0.3, -0.25) is 4.79 Å². The van der Waals surface area contributed by atoms with E-state index in [0.717, 1.165) is 10.9 Å². The lowest BCUT2D eigenvalue weighted by molar-refractivity contribution is 0.0729. The highest BCUT2D eigenvalue weighted by molar-refractivity contribution is 9.10. The highest BCUT2D eigenvalue weighted by Gasteiger charge is 2.16. The van der Waals surface area contributed by atoms with E-state index < -0.39 is 5.97 Å². The van der Waals surface area contributed by atoms with Crippen molar-refractivity contribution in [3.05, 3.63) is 58.1 Å². The van der Waals surface area contributed by atoms with E-state index >= 15 is 0 Å². The monoisotopic (exact) mass is 362 g/mol. The van der Waals surface area contributed by atoms with Gasteiger partial charge in [0.15, 0.2) is 6.29 Å². The largest absolute Gasteiger partial charge is 0.493 e. The van der Waals surface area contributed by atoms with Crippen LogP contribution in [0.2, 0.25) is 0 Å². The molecule has 0 fully saturated rings. The first-order valence-electron chi connectivity index (χ1n) is 6.84. The fourth-order valence-corrected chi connectivity index (χ4v) is 2.21. The first-order valence-corrected chi connectivity index (χ1v) is 7.63. The van der Waals surface area contributed by atoms with Crippen LogP contribution in [-0.2, 0) is 0 Å². The van der Waals surface area contributed by atoms with Gasteiger partial charge in [-0.25, -0.2) is 4.79 Å². The average Bonchev–Trinajstić information content (AvgIpc) is 2.54. The van der Waals surface area contributed by atoms with E-state index in [0.29, 0.717) is 29.8 Å². The number of aldehydes is 1. The van der Waals surface area contributed by atoms with Gasteiger partial charge >= 0.3 is 5.97 Å². The molecule has 2 aromatic carbocycles. The normalized spacial score (nSPS) is 10.1. The molecule has 0 bridgehead atoms. The minimum atomic E-state index is -0.558. The van der Waals surface area contributed by atoms with Crippen LogP contribution < -0.4 is 9.47 Å². The van der Waals surface area contributed by atoms with Crippen molar-refractivity contribution in [1.82, 2.24) is 0 Å². The molecule has 0 unspecified atom stereocenters. The predicted octanol–water partition coefficient (Wildman–Crippen LogP) is 4.27. The Kier molecular flexibility index (Phi) is 5.72. The number of halogens is 1. The van der Waals surface area contributed by atoms with E-state index in [1.165, 1.54) is 0 Å². The predicted molar refractivity (Wildman–Crippen MR) is 86.7 cm³/mol. The van der Waals surface area contributed by atoms with E-state index in [4.69, 9.17) is 9.47 Å². The van der Waals surface area contributed by atoms with Crippen LogP contribution in [0.3, 0.4) is 0 Å². The van der Waals surface area contributed by atoms with E-state index in [-0.39, 0.29) is 5.75 Å². The highest BCUT2D eigenvalue weighted by atomic mass is 79.9. The Balaban J connectivity index is 2.24. The lowest BCUT2D eigenvalue weighted by atomic mass is 10.2. The van der Waals surface area contributed by atoms with Crippen molar-refractivity contribution in [2.75, 3.05) is 6.61 Å². The Morgan fingerprint density at radius 2 is 1.95 bits per heavy atom. The zero-order valence-electron chi connectivity index (χ0n) is 12.0. The first-order chi connectivity index (χ1) is 10.7. The van der Waals surface area contributed by atoms with Crippen LogP contribution in [0.25, 0.3) is 0 Å². The van der Waals surface area contributed by atoms with Gasteiger partial charge in [-0.15, -0.1) is 0 Å². The summed E-state index contributed by atoms with van der Waals surface area (Å²) in [7, 11) is 0. The molecule has 5 heteroatoms. The van der Waals surface area contributed by atoms with Crippen molar-refractivity contribution in [1.29, 1.82) is 0 Å². The third kappa shape index (κ3) is 3.95. The maximum absolute atomic E-state index is 12.3. The van der Waals surface area contributed by atoms with Crippen LogP contribution >= 0.6 is 15.9 Å². The summed E-state index contributed by atoms with van der Waals surface area (Å²) in [6, 6.07) is 11.7. The van der Waals surface area contributed by atoms with Crippen LogP contribution in [0.4, 0.5) is 0 Å². The molecule has 0 amide bonds. The summed E-state index contributed by atoms with van der Waals surface area (Å²) in [6.07, 6.45) is 1.48. The number of carbonyl (C=O) groups excluding carboxylic acids is 2. The smallest absolute Gasteiger partial charge is 0.347 e. The molecule has 0 saturated heterocycles. The number of hydrogen-bond acceptors (Lipinski definition) is 4. The second-order valence-electron chi connectivity index (χ2n) is 4.53. The molecule has 0 saturated carbocycles. The molecular weight excluding hydrogens is 348 g/mol. The Morgan fingerprint density at radius 3 is 2.68 bits per heavy atom. The van der Waals surface area contributed by atoms with E-state index in [1.54, 1.807) is 42.5 Å². The maximum Gasteiger partial charge on any atom is 0.347 e. The zero-order chi connectivity index (χ0) is 15.9. The van der Waals surface area contributed by atoms with E-state index in [1.807, 2.05) is 6.92 Å². The molecule has 22 heavy (non-hydrogen) atoms. The van der Waals surface area contributed by atoms with Gasteiger partial charge in [-0.05, 0) is 36.8 Å². The third-order valence-corrected chi connectivity index (χ3v) is 3.36. The molecule has 4 nitrogen and oxygen atoms in total. The van der Waals surface area contributed by atoms with Crippen molar-refractivity contribution in [2.24, 2.45) is 0 Å². The first kappa shape index (κ1) is 16.2. The van der Waals surface area contributed by atoms with Gasteiger partial charge in [0.25, 0.3) is 0 Å². The molecule has 0 N–H and O–H groups in total. The molecule has 0 aliphatic carbocycles. The molecule has 0 heterocycles. The molecule has 114 valence electrons. The summed E-state index contributed by atoms with van der Waals surface area (Å²) in [4.78, 5) is 23.4. The summed E-state index contributed by atoms with van der Waals surface area (Å²) >= 11 is 3.27. The van der Waals surface area contributed by atoms with Crippen molar-refractivity contribution in [3.8, 4) is 11.5 Å². The standard InChI is InChI=1S/C17H15BrO4/c1-2-9-21-16-6-4-3-5-14(16)17(20)22-15-8-7-13(18)10-12(15)11-19/h3-8,10-11H,2,9H2,1H3. The molecule has 0 aliphatic heterocycles. The van der Waals surface area contributed by atoms with E-state index in [2.05, 4.69) is 15.9 Å². The number of para-hydroxylation sites is 1. The van der Waals surface area contributed by atoms with Crippen LogP contribution in [0, 0.1) is 0 Å². The number of carbonyl (C=O) groups is 2. The average molecular weight is 363 g/mol. The second kappa shape index (κ2) is 7.75. The molecule has 0 aromatic heterocycles. The number of ether oxygens (including phenoxy) is 2. The third-order valence-electron chi connectivity index (χ3n) is 2.87. The van der Waals surface area contributed by atoms with Gasteiger partial charge in [-0.2, -0.15) is 0 Å². The van der Waals surface area contributed by atoms with Crippen molar-refractivity contribution < 1.29 is 19.1 Å². The summed E-state index contributed by atoms with van der Waals surface area (Å²) in [6.45, 7) is 2.50. The second-order valence-corrected chi connectivity index (χ2v) is 5.45. The van der Waals surface area contributed by atoms with Crippen LogP contribution in [-0.4, -0.2) is 18.9 Å². The van der Waals surface area contributed by atoms with Gasteiger partial charge in [0, 0.05) is 4.47 Å². The van der Waals surface area contributed by atoms with Gasteiger partial charge in [-0.1, -0.05) is 35.0 Å². The number of hydrogen-bond donors (Lipinski definition) is 0. The van der Waals surface area contributed by atoms with Gasteiger partial charge in [0.1, 0.15) is 17.1 Å². The molecule has 0 atom stereocenters. The lowest BCUT2D eigenvalue weighted by Gasteiger charge is -2.11. The molecular formula is C17H15BrO4. The van der Waals surface area contributed by atoms with Crippen molar-refractivity contribution in [3.63, 3.8) is 0 Å². The number of rotatable bonds is 6. The minimum absolute atomic E-state index is 0.216. The maximum atomic E-state index is 12.3. The fraction of sp³-hybridized carbons (Fsp3) is 0.176. The van der Waals surface area contributed by atoms with Crippen molar-refractivity contribution in [2.45, 2.75) is 13.3 Å². The minimum Gasteiger partial charge on any atom is -0.493 e. The Hall–Kier alpha value is -2.14. The van der Waals surface area contributed by atoms with E-state index in [9.17, 15) is 9.59 Å². The molecule has 2 rings (SSSR count). The van der Waals surface area contributed by atoms with Crippen molar-refractivity contribution >= 4 is 28.2 Å². The number of esters is 1. The highest BCUT2D eigenvalue weighted by Crippen LogP contribution is 2.25. The lowest BCUT2D eigenvalue weighted by Crippen LogP contribution is -2.12. The molecule has 2 aromatic rings. The summed E-state index contributed by atoms with van der Waals surface area (Å²) < 4.78 is 11.6. The molecule has 0 aliphatic rings. The van der Waals surface area contributed by atoms with Crippen LogP contribution in [0.15, 0.2) is 46.9 Å². The Labute approximate surface area is 137 Å². The van der Waals surface area contributed by atoms with Gasteiger partial charge < -0.3 is 9.47 Å². The zero-order valence-corrected chi connectivity index (χ0v) is 13.6.